The second kappa shape index (κ2) is 6.31. The highest BCUT2D eigenvalue weighted by Gasteiger charge is 2.21. The van der Waals surface area contributed by atoms with Gasteiger partial charge in [0.2, 0.25) is 6.41 Å². The Hall–Kier alpha value is -2.80. The fourth-order valence-corrected chi connectivity index (χ4v) is 2.88. The third-order valence-corrected chi connectivity index (χ3v) is 3.97. The standard InChI is InChI=1S/C18H17N3O/c19-10-5-11-20-12-15-6-1-2-7-16(15)13-21(14-22)18-9-4-3-8-17(18)20/h1-4,6-9,14H,5,11-13H2. The van der Waals surface area contributed by atoms with E-state index >= 15 is 0 Å². The number of hydrogen-bond donors (Lipinski definition) is 0. The van der Waals surface area contributed by atoms with Gasteiger partial charge in [-0.05, 0) is 23.3 Å². The number of rotatable bonds is 3. The topological polar surface area (TPSA) is 47.3 Å². The first kappa shape index (κ1) is 14.2. The molecule has 110 valence electrons. The molecule has 0 bridgehead atoms. The minimum atomic E-state index is 0.456. The van der Waals surface area contributed by atoms with Crippen LogP contribution < -0.4 is 9.80 Å². The number of carbonyl (C=O) groups excluding carboxylic acids is 1. The maximum atomic E-state index is 11.6. The Morgan fingerprint density at radius 2 is 1.64 bits per heavy atom. The Morgan fingerprint density at radius 1 is 1.00 bits per heavy atom. The van der Waals surface area contributed by atoms with Gasteiger partial charge in [0.25, 0.3) is 0 Å². The fourth-order valence-electron chi connectivity index (χ4n) is 2.88. The van der Waals surface area contributed by atoms with Crippen LogP contribution in [0.3, 0.4) is 0 Å². The molecule has 0 aromatic heterocycles. The molecule has 0 atom stereocenters. The molecule has 0 radical (unpaired) electrons. The normalized spacial score (nSPS) is 13.4. The molecular formula is C18H17N3O. The van der Waals surface area contributed by atoms with Gasteiger partial charge in [-0.25, -0.2) is 0 Å². The van der Waals surface area contributed by atoms with Crippen molar-refractivity contribution in [1.82, 2.24) is 0 Å². The number of nitriles is 1. The van der Waals surface area contributed by atoms with E-state index in [9.17, 15) is 4.79 Å². The van der Waals surface area contributed by atoms with E-state index < -0.39 is 0 Å². The van der Waals surface area contributed by atoms with Crippen LogP contribution in [0.1, 0.15) is 17.5 Å². The zero-order valence-corrected chi connectivity index (χ0v) is 12.3. The summed E-state index contributed by atoms with van der Waals surface area (Å²) in [6, 6.07) is 18.2. The van der Waals surface area contributed by atoms with Gasteiger partial charge in [-0.1, -0.05) is 36.4 Å². The van der Waals surface area contributed by atoms with Crippen molar-refractivity contribution in [3.8, 4) is 6.07 Å². The van der Waals surface area contributed by atoms with Crippen molar-refractivity contribution < 1.29 is 4.79 Å². The second-order valence-electron chi connectivity index (χ2n) is 5.32. The van der Waals surface area contributed by atoms with Crippen molar-refractivity contribution >= 4 is 17.8 Å². The van der Waals surface area contributed by atoms with Crippen molar-refractivity contribution in [3.05, 3.63) is 59.7 Å². The van der Waals surface area contributed by atoms with E-state index in [-0.39, 0.29) is 0 Å². The van der Waals surface area contributed by atoms with Gasteiger partial charge in [0, 0.05) is 13.1 Å². The molecule has 1 amide bonds. The van der Waals surface area contributed by atoms with Crippen LogP contribution in [0.2, 0.25) is 0 Å². The first-order valence-corrected chi connectivity index (χ1v) is 7.33. The van der Waals surface area contributed by atoms with Crippen molar-refractivity contribution in [1.29, 1.82) is 5.26 Å². The number of para-hydroxylation sites is 2. The third kappa shape index (κ3) is 2.66. The minimum absolute atomic E-state index is 0.456. The van der Waals surface area contributed by atoms with E-state index in [1.807, 2.05) is 36.4 Å². The van der Waals surface area contributed by atoms with Crippen LogP contribution in [0, 0.1) is 11.3 Å². The van der Waals surface area contributed by atoms with Gasteiger partial charge < -0.3 is 9.80 Å². The maximum Gasteiger partial charge on any atom is 0.214 e. The number of amides is 1. The average molecular weight is 291 g/mol. The Balaban J connectivity index is 2.09. The van der Waals surface area contributed by atoms with Crippen LogP contribution in [0.4, 0.5) is 11.4 Å². The SMILES string of the molecule is N#CCCN1Cc2ccccc2CN(C=O)c2ccccc21. The summed E-state index contributed by atoms with van der Waals surface area (Å²) < 4.78 is 0. The predicted octanol–water partition coefficient (Wildman–Crippen LogP) is 3.08. The zero-order valence-electron chi connectivity index (χ0n) is 12.3. The summed E-state index contributed by atoms with van der Waals surface area (Å²) in [5, 5.41) is 8.92. The van der Waals surface area contributed by atoms with Gasteiger partial charge in [-0.15, -0.1) is 0 Å². The molecule has 1 heterocycles. The summed E-state index contributed by atoms with van der Waals surface area (Å²) in [4.78, 5) is 15.5. The Bertz CT molecular complexity index is 720. The van der Waals surface area contributed by atoms with Crippen molar-refractivity contribution in [2.24, 2.45) is 0 Å². The lowest BCUT2D eigenvalue weighted by Gasteiger charge is -2.33. The molecule has 4 heteroatoms. The van der Waals surface area contributed by atoms with Gasteiger partial charge in [0.05, 0.1) is 30.4 Å². The number of hydrogen-bond acceptors (Lipinski definition) is 3. The molecule has 0 aliphatic carbocycles. The van der Waals surface area contributed by atoms with E-state index in [0.717, 1.165) is 29.9 Å². The molecule has 1 aliphatic rings. The summed E-state index contributed by atoms with van der Waals surface area (Å²) >= 11 is 0. The fraction of sp³-hybridized carbons (Fsp3) is 0.222. The molecule has 0 fully saturated rings. The first-order valence-electron chi connectivity index (χ1n) is 7.33. The second-order valence-corrected chi connectivity index (χ2v) is 5.32. The molecule has 0 spiro atoms. The highest BCUT2D eigenvalue weighted by Crippen LogP contribution is 2.33. The van der Waals surface area contributed by atoms with Crippen LogP contribution >= 0.6 is 0 Å². The van der Waals surface area contributed by atoms with Gasteiger partial charge in [0.1, 0.15) is 0 Å². The molecule has 0 unspecified atom stereocenters. The number of anilines is 2. The lowest BCUT2D eigenvalue weighted by atomic mass is 10.0. The van der Waals surface area contributed by atoms with Gasteiger partial charge in [-0.3, -0.25) is 4.79 Å². The van der Waals surface area contributed by atoms with Crippen molar-refractivity contribution in [2.75, 3.05) is 16.3 Å². The maximum absolute atomic E-state index is 11.6. The molecule has 2 aromatic carbocycles. The minimum Gasteiger partial charge on any atom is -0.364 e. The lowest BCUT2D eigenvalue weighted by Crippen LogP contribution is -2.31. The summed E-state index contributed by atoms with van der Waals surface area (Å²) in [5.74, 6) is 0. The van der Waals surface area contributed by atoms with Gasteiger partial charge in [-0.2, -0.15) is 5.26 Å². The molecule has 0 saturated carbocycles. The smallest absolute Gasteiger partial charge is 0.214 e. The predicted molar refractivity (Wildman–Crippen MR) is 86.4 cm³/mol. The van der Waals surface area contributed by atoms with Crippen LogP contribution in [0.15, 0.2) is 48.5 Å². The number of fused-ring (bicyclic) bond motifs is 2. The van der Waals surface area contributed by atoms with Gasteiger partial charge >= 0.3 is 0 Å². The Labute approximate surface area is 130 Å². The van der Waals surface area contributed by atoms with Crippen molar-refractivity contribution in [3.63, 3.8) is 0 Å². The number of nitrogens with zero attached hydrogens (tertiary/aromatic N) is 3. The summed E-state index contributed by atoms with van der Waals surface area (Å²) in [5.41, 5.74) is 4.23. The van der Waals surface area contributed by atoms with Crippen LogP contribution in [0.5, 0.6) is 0 Å². The van der Waals surface area contributed by atoms with E-state index in [2.05, 4.69) is 23.1 Å². The van der Waals surface area contributed by atoms with Crippen LogP contribution in [-0.2, 0) is 17.9 Å². The van der Waals surface area contributed by atoms with Gasteiger partial charge in [0.15, 0.2) is 0 Å². The van der Waals surface area contributed by atoms with E-state index in [1.54, 1.807) is 4.90 Å². The highest BCUT2D eigenvalue weighted by atomic mass is 16.1. The van der Waals surface area contributed by atoms with E-state index in [1.165, 1.54) is 5.56 Å². The van der Waals surface area contributed by atoms with E-state index in [0.29, 0.717) is 19.5 Å². The molecule has 4 nitrogen and oxygen atoms in total. The Kier molecular flexibility index (Phi) is 4.06. The zero-order chi connectivity index (χ0) is 15.4. The van der Waals surface area contributed by atoms with E-state index in [4.69, 9.17) is 5.26 Å². The number of carbonyl (C=O) groups is 1. The molecular weight excluding hydrogens is 274 g/mol. The van der Waals surface area contributed by atoms with Crippen molar-refractivity contribution in [2.45, 2.75) is 19.5 Å². The Morgan fingerprint density at radius 3 is 2.32 bits per heavy atom. The largest absolute Gasteiger partial charge is 0.364 e. The molecule has 0 saturated heterocycles. The summed E-state index contributed by atoms with van der Waals surface area (Å²) in [6.07, 6.45) is 1.33. The van der Waals surface area contributed by atoms with Crippen LogP contribution in [0.25, 0.3) is 0 Å². The molecule has 2 aromatic rings. The highest BCUT2D eigenvalue weighted by molar-refractivity contribution is 5.84. The van der Waals surface area contributed by atoms with Crippen LogP contribution in [-0.4, -0.2) is 13.0 Å². The first-order chi connectivity index (χ1) is 10.8. The molecule has 1 aliphatic heterocycles. The average Bonchev–Trinajstić information content (AvgIpc) is 2.56. The number of benzene rings is 2. The quantitative estimate of drug-likeness (QED) is 0.816. The molecule has 22 heavy (non-hydrogen) atoms. The lowest BCUT2D eigenvalue weighted by molar-refractivity contribution is -0.107. The molecule has 0 N–H and O–H groups in total. The monoisotopic (exact) mass is 291 g/mol. The summed E-state index contributed by atoms with van der Waals surface area (Å²) in [6.45, 7) is 1.97. The summed E-state index contributed by atoms with van der Waals surface area (Å²) in [7, 11) is 0. The molecule has 3 rings (SSSR count). The third-order valence-electron chi connectivity index (χ3n) is 3.97.